The molecule has 0 aliphatic heterocycles. The third-order valence-electron chi connectivity index (χ3n) is 4.08. The second-order valence-corrected chi connectivity index (χ2v) is 5.99. The Morgan fingerprint density at radius 3 is 2.40 bits per heavy atom. The van der Waals surface area contributed by atoms with Gasteiger partial charge in [0.25, 0.3) is 5.56 Å². The highest BCUT2D eigenvalue weighted by atomic mass is 16.5. The van der Waals surface area contributed by atoms with E-state index in [1.54, 1.807) is 0 Å². The average molecular weight is 360 g/mol. The Bertz CT molecular complexity index is 628. The van der Waals surface area contributed by atoms with Crippen molar-refractivity contribution >= 4 is 0 Å². The number of aryl methyl sites for hydroxylation is 1. The molecule has 1 unspecified atom stereocenters. The fraction of sp³-hybridized carbons (Fsp3) is 0.750. The minimum Gasteiger partial charge on any atom is -0.394 e. The van der Waals surface area contributed by atoms with E-state index in [-0.39, 0.29) is 0 Å². The van der Waals surface area contributed by atoms with Gasteiger partial charge in [-0.1, -0.05) is 26.2 Å². The molecule has 0 aliphatic carbocycles. The largest absolute Gasteiger partial charge is 0.394 e. The maximum Gasteiger partial charge on any atom is 0.330 e. The van der Waals surface area contributed by atoms with E-state index in [9.17, 15) is 24.9 Å². The number of methoxy groups -OCH3 is 1. The van der Waals surface area contributed by atoms with Gasteiger partial charge in [0.15, 0.2) is 6.23 Å². The number of unbranched alkanes of at least 4 members (excludes halogenated alkanes) is 3. The van der Waals surface area contributed by atoms with E-state index < -0.39 is 42.4 Å². The molecule has 4 atom stereocenters. The fourth-order valence-electron chi connectivity index (χ4n) is 2.56. The fourth-order valence-corrected chi connectivity index (χ4v) is 2.56. The molecular weight excluding hydrogens is 332 g/mol. The highest BCUT2D eigenvalue weighted by molar-refractivity contribution is 5.05. The standard InChI is InChI=1S/C16H28N2O7/c1-3-4-5-6-7-10-8-18(16(24)17-14(10)23)15(25-2)13(22)12(21)11(20)9-19/h8,11-13,15,19-22H,3-7,9H2,1-2H3,(H,17,23,24)/t11-,12-,13+,15?/m1/s1. The third-order valence-corrected chi connectivity index (χ3v) is 4.08. The normalized spacial score (nSPS) is 16.4. The highest BCUT2D eigenvalue weighted by Crippen LogP contribution is 2.16. The van der Waals surface area contributed by atoms with Crippen molar-refractivity contribution in [2.75, 3.05) is 13.7 Å². The Morgan fingerprint density at radius 2 is 1.84 bits per heavy atom. The minimum absolute atomic E-state index is 0.363. The van der Waals surface area contributed by atoms with Crippen LogP contribution in [0.15, 0.2) is 15.8 Å². The third kappa shape index (κ3) is 5.75. The van der Waals surface area contributed by atoms with Crippen LogP contribution in [0.2, 0.25) is 0 Å². The van der Waals surface area contributed by atoms with Crippen LogP contribution in [0.4, 0.5) is 0 Å². The topological polar surface area (TPSA) is 145 Å². The quantitative estimate of drug-likeness (QED) is 0.314. The molecule has 1 heterocycles. The molecular formula is C16H28N2O7. The molecule has 0 fully saturated rings. The van der Waals surface area contributed by atoms with Gasteiger partial charge in [-0.15, -0.1) is 0 Å². The molecule has 5 N–H and O–H groups in total. The summed E-state index contributed by atoms with van der Waals surface area (Å²) in [6, 6.07) is 0. The van der Waals surface area contributed by atoms with E-state index in [0.29, 0.717) is 12.0 Å². The number of ether oxygens (including phenoxy) is 1. The molecule has 1 aromatic rings. The Morgan fingerprint density at radius 1 is 1.16 bits per heavy atom. The molecule has 1 aromatic heterocycles. The first-order valence-corrected chi connectivity index (χ1v) is 8.39. The van der Waals surface area contributed by atoms with Crippen molar-refractivity contribution in [1.29, 1.82) is 0 Å². The lowest BCUT2D eigenvalue weighted by Gasteiger charge is -2.29. The van der Waals surface area contributed by atoms with Crippen LogP contribution in [0.5, 0.6) is 0 Å². The Balaban J connectivity index is 3.07. The molecule has 1 rings (SSSR count). The van der Waals surface area contributed by atoms with Crippen molar-refractivity contribution in [3.63, 3.8) is 0 Å². The molecule has 0 bridgehead atoms. The predicted molar refractivity (Wildman–Crippen MR) is 90.3 cm³/mol. The summed E-state index contributed by atoms with van der Waals surface area (Å²) in [6.45, 7) is 1.31. The van der Waals surface area contributed by atoms with E-state index in [0.717, 1.165) is 30.3 Å². The van der Waals surface area contributed by atoms with Crippen LogP contribution in [-0.2, 0) is 11.2 Å². The number of aromatic nitrogens is 2. The smallest absolute Gasteiger partial charge is 0.330 e. The molecule has 0 aliphatic rings. The number of nitrogens with zero attached hydrogens (tertiary/aromatic N) is 1. The molecule has 9 heteroatoms. The van der Waals surface area contributed by atoms with E-state index >= 15 is 0 Å². The van der Waals surface area contributed by atoms with Gasteiger partial charge in [0.05, 0.1) is 6.61 Å². The second kappa shape index (κ2) is 10.5. The number of H-pyrrole nitrogens is 1. The van der Waals surface area contributed by atoms with Crippen molar-refractivity contribution < 1.29 is 25.2 Å². The van der Waals surface area contributed by atoms with E-state index in [1.807, 2.05) is 0 Å². The zero-order valence-corrected chi connectivity index (χ0v) is 14.6. The summed E-state index contributed by atoms with van der Waals surface area (Å²) in [6.07, 6.45) is -0.776. The predicted octanol–water partition coefficient (Wildman–Crippen LogP) is -1.12. The molecule has 9 nitrogen and oxygen atoms in total. The van der Waals surface area contributed by atoms with Crippen molar-refractivity contribution in [3.8, 4) is 0 Å². The molecule has 0 radical (unpaired) electrons. The van der Waals surface area contributed by atoms with Gasteiger partial charge < -0.3 is 25.2 Å². The molecule has 0 saturated carbocycles. The monoisotopic (exact) mass is 360 g/mol. The van der Waals surface area contributed by atoms with Gasteiger partial charge >= 0.3 is 5.69 Å². The van der Waals surface area contributed by atoms with Crippen LogP contribution in [0.25, 0.3) is 0 Å². The van der Waals surface area contributed by atoms with Gasteiger partial charge in [0.2, 0.25) is 0 Å². The highest BCUT2D eigenvalue weighted by Gasteiger charge is 2.33. The van der Waals surface area contributed by atoms with Crippen LogP contribution < -0.4 is 11.2 Å². The molecule has 0 spiro atoms. The van der Waals surface area contributed by atoms with Gasteiger partial charge in [0.1, 0.15) is 18.3 Å². The van der Waals surface area contributed by atoms with E-state index in [1.165, 1.54) is 13.3 Å². The van der Waals surface area contributed by atoms with Crippen molar-refractivity contribution in [3.05, 3.63) is 32.6 Å². The Kier molecular flexibility index (Phi) is 9.01. The first-order valence-electron chi connectivity index (χ1n) is 8.39. The molecule has 144 valence electrons. The van der Waals surface area contributed by atoms with E-state index in [2.05, 4.69) is 11.9 Å². The number of rotatable bonds is 11. The SMILES string of the molecule is CCCCCCc1cn(C(OC)[C@@H](O)[C@H](O)[C@H](O)CO)c(=O)[nH]c1=O. The summed E-state index contributed by atoms with van der Waals surface area (Å²) in [4.78, 5) is 26.2. The van der Waals surface area contributed by atoms with Gasteiger partial charge in [0, 0.05) is 18.9 Å². The summed E-state index contributed by atoms with van der Waals surface area (Å²) in [5.74, 6) is 0. The number of aliphatic hydroxyl groups is 4. The summed E-state index contributed by atoms with van der Waals surface area (Å²) in [5, 5.41) is 38.3. The first kappa shape index (κ1) is 21.5. The maximum atomic E-state index is 12.1. The summed E-state index contributed by atoms with van der Waals surface area (Å²) >= 11 is 0. The summed E-state index contributed by atoms with van der Waals surface area (Å²) < 4.78 is 6.04. The maximum absolute atomic E-state index is 12.1. The van der Waals surface area contributed by atoms with Crippen molar-refractivity contribution in [1.82, 2.24) is 9.55 Å². The van der Waals surface area contributed by atoms with Crippen molar-refractivity contribution in [2.24, 2.45) is 0 Å². The Labute approximate surface area is 145 Å². The summed E-state index contributed by atoms with van der Waals surface area (Å²) in [5.41, 5.74) is -0.945. The van der Waals surface area contributed by atoms with Crippen LogP contribution in [0.3, 0.4) is 0 Å². The molecule has 0 aromatic carbocycles. The van der Waals surface area contributed by atoms with Crippen LogP contribution in [0.1, 0.15) is 44.4 Å². The van der Waals surface area contributed by atoms with Gasteiger partial charge in [-0.2, -0.15) is 0 Å². The molecule has 0 amide bonds. The van der Waals surface area contributed by atoms with E-state index in [4.69, 9.17) is 9.84 Å². The second-order valence-electron chi connectivity index (χ2n) is 5.99. The number of nitrogens with one attached hydrogen (secondary N) is 1. The van der Waals surface area contributed by atoms with Crippen LogP contribution in [-0.4, -0.2) is 62.0 Å². The average Bonchev–Trinajstić information content (AvgIpc) is 2.60. The van der Waals surface area contributed by atoms with Crippen LogP contribution in [0, 0.1) is 0 Å². The lowest BCUT2D eigenvalue weighted by Crippen LogP contribution is -2.47. The number of hydrogen-bond donors (Lipinski definition) is 5. The van der Waals surface area contributed by atoms with Gasteiger partial charge in [-0.05, 0) is 12.8 Å². The number of aliphatic hydroxyl groups excluding tert-OH is 4. The van der Waals surface area contributed by atoms with Crippen molar-refractivity contribution in [2.45, 2.75) is 63.6 Å². The lowest BCUT2D eigenvalue weighted by molar-refractivity contribution is -0.146. The van der Waals surface area contributed by atoms with Crippen LogP contribution >= 0.6 is 0 Å². The first-order chi connectivity index (χ1) is 11.9. The van der Waals surface area contributed by atoms with Gasteiger partial charge in [-0.25, -0.2) is 4.79 Å². The number of aromatic amines is 1. The summed E-state index contributed by atoms with van der Waals surface area (Å²) in [7, 11) is 1.21. The molecule has 0 saturated heterocycles. The minimum atomic E-state index is -1.73. The zero-order valence-electron chi connectivity index (χ0n) is 14.6. The number of hydrogen-bond acceptors (Lipinski definition) is 7. The van der Waals surface area contributed by atoms with Gasteiger partial charge in [-0.3, -0.25) is 14.3 Å². The Hall–Kier alpha value is -1.52. The zero-order chi connectivity index (χ0) is 19.0. The molecule has 25 heavy (non-hydrogen) atoms. The lowest BCUT2D eigenvalue weighted by atomic mass is 10.1.